The largest absolute Gasteiger partial charge is 0.309 e. The van der Waals surface area contributed by atoms with E-state index in [2.05, 4.69) is 74.6 Å². The van der Waals surface area contributed by atoms with Gasteiger partial charge < -0.3 is 5.32 Å². The van der Waals surface area contributed by atoms with Gasteiger partial charge in [-0.05, 0) is 43.1 Å². The summed E-state index contributed by atoms with van der Waals surface area (Å²) in [6.45, 7) is 7.51. The SMILES string of the molecule is CCNC(CSc1ccc(C)cc1)c1cccc(CC)c1. The molecule has 0 bridgehead atoms. The van der Waals surface area contributed by atoms with Gasteiger partial charge in [-0.25, -0.2) is 0 Å². The fourth-order valence-electron chi connectivity index (χ4n) is 2.36. The highest BCUT2D eigenvalue weighted by atomic mass is 32.2. The van der Waals surface area contributed by atoms with Gasteiger partial charge in [0, 0.05) is 16.7 Å². The monoisotopic (exact) mass is 299 g/mol. The summed E-state index contributed by atoms with van der Waals surface area (Å²) in [7, 11) is 0. The Bertz CT molecular complexity index is 548. The fraction of sp³-hybridized carbons (Fsp3) is 0.368. The molecule has 1 unspecified atom stereocenters. The smallest absolute Gasteiger partial charge is 0.0415 e. The number of hydrogen-bond donors (Lipinski definition) is 1. The molecule has 112 valence electrons. The first kappa shape index (κ1) is 16.1. The minimum Gasteiger partial charge on any atom is -0.309 e. The third-order valence-corrected chi connectivity index (χ3v) is 4.76. The van der Waals surface area contributed by atoms with Crippen molar-refractivity contribution in [3.63, 3.8) is 0 Å². The molecular weight excluding hydrogens is 274 g/mol. The first-order chi connectivity index (χ1) is 10.2. The van der Waals surface area contributed by atoms with Gasteiger partial charge in [0.05, 0.1) is 0 Å². The molecule has 0 saturated heterocycles. The molecule has 2 aromatic carbocycles. The summed E-state index contributed by atoms with van der Waals surface area (Å²) in [5, 5.41) is 3.61. The van der Waals surface area contributed by atoms with E-state index in [1.165, 1.54) is 21.6 Å². The Morgan fingerprint density at radius 1 is 1.05 bits per heavy atom. The van der Waals surface area contributed by atoms with Crippen LogP contribution < -0.4 is 5.32 Å². The number of rotatable bonds is 7. The molecule has 0 radical (unpaired) electrons. The Morgan fingerprint density at radius 3 is 2.48 bits per heavy atom. The highest BCUT2D eigenvalue weighted by Gasteiger charge is 2.11. The quantitative estimate of drug-likeness (QED) is 0.722. The Labute approximate surface area is 133 Å². The number of hydrogen-bond acceptors (Lipinski definition) is 2. The van der Waals surface area contributed by atoms with Crippen LogP contribution in [0.3, 0.4) is 0 Å². The van der Waals surface area contributed by atoms with Gasteiger partial charge in [0.1, 0.15) is 0 Å². The van der Waals surface area contributed by atoms with Crippen LogP contribution in [0.4, 0.5) is 0 Å². The predicted octanol–water partition coefficient (Wildman–Crippen LogP) is 5.00. The van der Waals surface area contributed by atoms with E-state index >= 15 is 0 Å². The van der Waals surface area contributed by atoms with Crippen molar-refractivity contribution in [3.05, 3.63) is 65.2 Å². The van der Waals surface area contributed by atoms with Crippen molar-refractivity contribution in [1.82, 2.24) is 5.32 Å². The zero-order chi connectivity index (χ0) is 15.1. The lowest BCUT2D eigenvalue weighted by atomic mass is 10.0. The normalized spacial score (nSPS) is 12.3. The average molecular weight is 299 g/mol. The Kier molecular flexibility index (Phi) is 6.34. The van der Waals surface area contributed by atoms with Crippen LogP contribution in [0, 0.1) is 6.92 Å². The van der Waals surface area contributed by atoms with Crippen molar-refractivity contribution in [3.8, 4) is 0 Å². The molecule has 1 atom stereocenters. The lowest BCUT2D eigenvalue weighted by molar-refractivity contribution is 0.605. The maximum Gasteiger partial charge on any atom is 0.0415 e. The second kappa shape index (κ2) is 8.26. The average Bonchev–Trinajstić information content (AvgIpc) is 2.53. The van der Waals surface area contributed by atoms with Crippen LogP contribution in [0.25, 0.3) is 0 Å². The summed E-state index contributed by atoms with van der Waals surface area (Å²) >= 11 is 1.92. The van der Waals surface area contributed by atoms with Crippen molar-refractivity contribution in [2.75, 3.05) is 12.3 Å². The topological polar surface area (TPSA) is 12.0 Å². The molecular formula is C19H25NS. The lowest BCUT2D eigenvalue weighted by Gasteiger charge is -2.19. The van der Waals surface area contributed by atoms with Crippen LogP contribution in [0.5, 0.6) is 0 Å². The van der Waals surface area contributed by atoms with E-state index in [-0.39, 0.29) is 0 Å². The van der Waals surface area contributed by atoms with Gasteiger partial charge >= 0.3 is 0 Å². The molecule has 21 heavy (non-hydrogen) atoms. The summed E-state index contributed by atoms with van der Waals surface area (Å²) in [4.78, 5) is 1.34. The minimum atomic E-state index is 0.410. The van der Waals surface area contributed by atoms with Gasteiger partial charge in [-0.3, -0.25) is 0 Å². The number of aryl methyl sites for hydroxylation is 2. The first-order valence-corrected chi connectivity index (χ1v) is 8.73. The summed E-state index contributed by atoms with van der Waals surface area (Å²) in [6.07, 6.45) is 1.10. The van der Waals surface area contributed by atoms with Gasteiger partial charge in [0.2, 0.25) is 0 Å². The second-order valence-electron chi connectivity index (χ2n) is 5.33. The highest BCUT2D eigenvalue weighted by molar-refractivity contribution is 7.99. The molecule has 0 saturated carbocycles. The Hall–Kier alpha value is -1.25. The van der Waals surface area contributed by atoms with Crippen molar-refractivity contribution in [2.45, 2.75) is 38.1 Å². The maximum atomic E-state index is 3.61. The molecule has 0 aliphatic heterocycles. The van der Waals surface area contributed by atoms with Crippen LogP contribution in [-0.2, 0) is 6.42 Å². The number of thioether (sulfide) groups is 1. The van der Waals surface area contributed by atoms with Crippen LogP contribution in [0.15, 0.2) is 53.4 Å². The summed E-state index contributed by atoms with van der Waals surface area (Å²) in [5.41, 5.74) is 4.13. The Balaban J connectivity index is 2.05. The van der Waals surface area contributed by atoms with E-state index in [9.17, 15) is 0 Å². The van der Waals surface area contributed by atoms with Crippen molar-refractivity contribution in [1.29, 1.82) is 0 Å². The zero-order valence-corrected chi connectivity index (χ0v) is 14.0. The molecule has 1 N–H and O–H groups in total. The Morgan fingerprint density at radius 2 is 1.81 bits per heavy atom. The number of benzene rings is 2. The standard InChI is InChI=1S/C19H25NS/c1-4-16-7-6-8-17(13-16)19(20-5-2)14-21-18-11-9-15(3)10-12-18/h6-13,19-20H,4-5,14H2,1-3H3. The van der Waals surface area contributed by atoms with Crippen LogP contribution in [0.2, 0.25) is 0 Å². The predicted molar refractivity (Wildman–Crippen MR) is 94.1 cm³/mol. The molecule has 0 aromatic heterocycles. The molecule has 0 aliphatic carbocycles. The molecule has 2 aromatic rings. The van der Waals surface area contributed by atoms with E-state index in [1.54, 1.807) is 0 Å². The van der Waals surface area contributed by atoms with E-state index in [1.807, 2.05) is 11.8 Å². The minimum absolute atomic E-state index is 0.410. The van der Waals surface area contributed by atoms with Crippen LogP contribution in [-0.4, -0.2) is 12.3 Å². The van der Waals surface area contributed by atoms with Crippen LogP contribution >= 0.6 is 11.8 Å². The first-order valence-electron chi connectivity index (χ1n) is 7.74. The number of nitrogens with one attached hydrogen (secondary N) is 1. The van der Waals surface area contributed by atoms with Gasteiger partial charge in [0.15, 0.2) is 0 Å². The van der Waals surface area contributed by atoms with Crippen LogP contribution in [0.1, 0.15) is 36.6 Å². The lowest BCUT2D eigenvalue weighted by Crippen LogP contribution is -2.23. The van der Waals surface area contributed by atoms with Gasteiger partial charge in [-0.1, -0.05) is 55.8 Å². The molecule has 0 amide bonds. The third kappa shape index (κ3) is 4.90. The zero-order valence-electron chi connectivity index (χ0n) is 13.2. The molecule has 0 fully saturated rings. The molecule has 2 heteroatoms. The summed E-state index contributed by atoms with van der Waals surface area (Å²) in [6, 6.07) is 18.2. The van der Waals surface area contributed by atoms with Gasteiger partial charge in [-0.15, -0.1) is 11.8 Å². The molecule has 0 spiro atoms. The second-order valence-corrected chi connectivity index (χ2v) is 6.43. The molecule has 0 heterocycles. The molecule has 1 nitrogen and oxygen atoms in total. The van der Waals surface area contributed by atoms with E-state index in [4.69, 9.17) is 0 Å². The molecule has 2 rings (SSSR count). The van der Waals surface area contributed by atoms with Gasteiger partial charge in [-0.2, -0.15) is 0 Å². The third-order valence-electron chi connectivity index (χ3n) is 3.65. The molecule has 0 aliphatic rings. The highest BCUT2D eigenvalue weighted by Crippen LogP contribution is 2.25. The van der Waals surface area contributed by atoms with Crippen molar-refractivity contribution < 1.29 is 0 Å². The van der Waals surface area contributed by atoms with E-state index < -0.39 is 0 Å². The van der Waals surface area contributed by atoms with E-state index in [0.29, 0.717) is 6.04 Å². The van der Waals surface area contributed by atoms with E-state index in [0.717, 1.165) is 18.7 Å². The van der Waals surface area contributed by atoms with Gasteiger partial charge in [0.25, 0.3) is 0 Å². The summed E-state index contributed by atoms with van der Waals surface area (Å²) in [5.74, 6) is 1.06. The van der Waals surface area contributed by atoms with Crippen molar-refractivity contribution in [2.24, 2.45) is 0 Å². The fourth-order valence-corrected chi connectivity index (χ4v) is 3.36. The van der Waals surface area contributed by atoms with Crippen molar-refractivity contribution >= 4 is 11.8 Å². The maximum absolute atomic E-state index is 3.61. The summed E-state index contributed by atoms with van der Waals surface area (Å²) < 4.78 is 0.